The van der Waals surface area contributed by atoms with Crippen LogP contribution in [0.1, 0.15) is 40.0 Å². The van der Waals surface area contributed by atoms with Crippen molar-refractivity contribution in [2.45, 2.75) is 45.6 Å². The summed E-state index contributed by atoms with van der Waals surface area (Å²) in [4.78, 5) is 11.1. The first-order chi connectivity index (χ1) is 10.3. The van der Waals surface area contributed by atoms with E-state index in [2.05, 4.69) is 0 Å². The van der Waals surface area contributed by atoms with Crippen molar-refractivity contribution in [1.82, 2.24) is 0 Å². The van der Waals surface area contributed by atoms with Crippen LogP contribution in [0.4, 0.5) is 0 Å². The molecule has 0 aliphatic carbocycles. The second-order valence-corrected chi connectivity index (χ2v) is 5.89. The minimum absolute atomic E-state index is 0.259. The molecule has 0 aromatic heterocycles. The van der Waals surface area contributed by atoms with E-state index in [-0.39, 0.29) is 19.8 Å². The lowest BCUT2D eigenvalue weighted by Gasteiger charge is -2.25. The van der Waals surface area contributed by atoms with Gasteiger partial charge in [0.25, 0.3) is 0 Å². The monoisotopic (exact) mass is 367 g/mol. The van der Waals surface area contributed by atoms with Crippen molar-refractivity contribution in [2.75, 3.05) is 19.8 Å². The summed E-state index contributed by atoms with van der Waals surface area (Å²) in [6.45, 7) is 4.65. The Morgan fingerprint density at radius 3 is 1.32 bits per heavy atom. The fourth-order valence-electron chi connectivity index (χ4n) is 1.23. The molecular weight excluding hydrogens is 346 g/mol. The third-order valence-corrected chi connectivity index (χ3v) is 3.98. The predicted molar refractivity (Wildman–Crippen MR) is 96.2 cm³/mol. The molecule has 0 aliphatic rings. The largest absolute Gasteiger partial charge is 0.479 e. The second kappa shape index (κ2) is 10.7. The van der Waals surface area contributed by atoms with Gasteiger partial charge in [0.15, 0.2) is 35.0 Å². The Labute approximate surface area is 146 Å². The molecule has 0 heterocycles. The normalized spacial score (nSPS) is 10.7. The predicted octanol–water partition coefficient (Wildman–Crippen LogP) is 3.26. The van der Waals surface area contributed by atoms with Gasteiger partial charge in [0, 0.05) is 24.2 Å². The van der Waals surface area contributed by atoms with Crippen LogP contribution >= 0.6 is 36.7 Å². The Kier molecular flexibility index (Phi) is 10.3. The van der Waals surface area contributed by atoms with Crippen LogP contribution in [0.25, 0.3) is 0 Å². The van der Waals surface area contributed by atoms with Crippen molar-refractivity contribution in [1.29, 1.82) is 0 Å². The average Bonchev–Trinajstić information content (AvgIpc) is 2.52. The van der Waals surface area contributed by atoms with Crippen molar-refractivity contribution in [2.24, 2.45) is 0 Å². The Bertz CT molecular complexity index is 378. The highest BCUT2D eigenvalue weighted by molar-refractivity contribution is 7.80. The van der Waals surface area contributed by atoms with Gasteiger partial charge >= 0.3 is 5.54 Å². The molecule has 0 unspecified atom stereocenters. The number of ether oxygens (including phenoxy) is 3. The molecule has 0 amide bonds. The zero-order valence-electron chi connectivity index (χ0n) is 13.0. The van der Waals surface area contributed by atoms with E-state index in [4.69, 9.17) is 50.9 Å². The van der Waals surface area contributed by atoms with E-state index in [1.165, 1.54) is 0 Å². The lowest BCUT2D eigenvalue weighted by Crippen LogP contribution is -2.52. The Morgan fingerprint density at radius 1 is 0.864 bits per heavy atom. The van der Waals surface area contributed by atoms with Crippen molar-refractivity contribution in [3.8, 4) is 0 Å². The van der Waals surface area contributed by atoms with Crippen LogP contribution in [0, 0.1) is 10.1 Å². The number of nitrogens with zero attached hydrogens (tertiary/aromatic N) is 1. The third kappa shape index (κ3) is 7.37. The van der Waals surface area contributed by atoms with E-state index >= 15 is 0 Å². The second-order valence-electron chi connectivity index (χ2n) is 4.52. The van der Waals surface area contributed by atoms with Crippen LogP contribution in [0.15, 0.2) is 0 Å². The summed E-state index contributed by atoms with van der Waals surface area (Å²) in [5, 5.41) is 12.4. The number of hydrogen-bond acceptors (Lipinski definition) is 8. The first-order valence-corrected chi connectivity index (χ1v) is 8.15. The zero-order chi connectivity index (χ0) is 17.2. The molecule has 0 saturated carbocycles. The van der Waals surface area contributed by atoms with E-state index < -0.39 is 10.5 Å². The molecule has 0 spiro atoms. The SMILES string of the molecule is CCC(=S)OCC(COC(=S)CC)(COC(=S)CC)[N+](=O)[O-]. The van der Waals surface area contributed by atoms with E-state index in [0.29, 0.717) is 34.4 Å². The lowest BCUT2D eigenvalue weighted by molar-refractivity contribution is -0.578. The van der Waals surface area contributed by atoms with Crippen molar-refractivity contribution in [3.05, 3.63) is 10.1 Å². The summed E-state index contributed by atoms with van der Waals surface area (Å²) in [7, 11) is 0. The van der Waals surface area contributed by atoms with Gasteiger partial charge in [-0.2, -0.15) is 0 Å². The highest BCUT2D eigenvalue weighted by atomic mass is 32.1. The average molecular weight is 368 g/mol. The smallest absolute Gasteiger partial charge is 0.321 e. The van der Waals surface area contributed by atoms with E-state index in [1.54, 1.807) is 0 Å². The zero-order valence-corrected chi connectivity index (χ0v) is 15.4. The highest BCUT2D eigenvalue weighted by Crippen LogP contribution is 2.15. The molecule has 0 aliphatic heterocycles. The van der Waals surface area contributed by atoms with Crippen LogP contribution in [-0.2, 0) is 14.2 Å². The number of rotatable bonds is 10. The minimum atomic E-state index is -1.61. The molecule has 0 saturated heterocycles. The summed E-state index contributed by atoms with van der Waals surface area (Å²) in [6, 6.07) is 0. The van der Waals surface area contributed by atoms with Gasteiger partial charge in [-0.3, -0.25) is 10.1 Å². The quantitative estimate of drug-likeness (QED) is 0.331. The molecule has 0 aromatic rings. The standard InChI is InChI=1S/C13H21NO5S3/c1-4-10(20)17-7-13(14(15)16,8-18-11(21)5-2)9-19-12(22)6-3/h4-9H2,1-3H3. The Hall–Kier alpha value is -0.930. The van der Waals surface area contributed by atoms with Gasteiger partial charge in [0.05, 0.1) is 0 Å². The van der Waals surface area contributed by atoms with E-state index in [0.717, 1.165) is 0 Å². The minimum Gasteiger partial charge on any atom is -0.479 e. The number of thiocarbonyl (C=S) groups is 3. The van der Waals surface area contributed by atoms with Crippen LogP contribution in [0.2, 0.25) is 0 Å². The molecule has 0 atom stereocenters. The van der Waals surface area contributed by atoms with E-state index in [9.17, 15) is 10.1 Å². The molecule has 0 aromatic carbocycles. The molecule has 0 radical (unpaired) electrons. The summed E-state index contributed by atoms with van der Waals surface area (Å²) in [5.41, 5.74) is -1.61. The molecule has 22 heavy (non-hydrogen) atoms. The fraction of sp³-hybridized carbons (Fsp3) is 0.769. The first kappa shape index (κ1) is 21.1. The third-order valence-electron chi connectivity index (χ3n) is 2.76. The van der Waals surface area contributed by atoms with Crippen molar-refractivity contribution in [3.63, 3.8) is 0 Å². The molecule has 0 rings (SSSR count). The van der Waals surface area contributed by atoms with E-state index in [1.807, 2.05) is 20.8 Å². The maximum absolute atomic E-state index is 11.6. The maximum atomic E-state index is 11.6. The van der Waals surface area contributed by atoms with Gasteiger partial charge in [0.2, 0.25) is 0 Å². The summed E-state index contributed by atoms with van der Waals surface area (Å²) >= 11 is 14.8. The van der Waals surface area contributed by atoms with Crippen LogP contribution in [0.3, 0.4) is 0 Å². The fourth-order valence-corrected chi connectivity index (χ4v) is 1.41. The highest BCUT2D eigenvalue weighted by Gasteiger charge is 2.47. The molecular formula is C13H21NO5S3. The molecule has 6 nitrogen and oxygen atoms in total. The molecule has 126 valence electrons. The lowest BCUT2D eigenvalue weighted by atomic mass is 10.0. The van der Waals surface area contributed by atoms with Gasteiger partial charge in [-0.15, -0.1) is 0 Å². The topological polar surface area (TPSA) is 70.8 Å². The molecule has 0 N–H and O–H groups in total. The Balaban J connectivity index is 5.07. The van der Waals surface area contributed by atoms with Gasteiger partial charge in [-0.25, -0.2) is 0 Å². The summed E-state index contributed by atoms with van der Waals surface area (Å²) < 4.78 is 15.9. The molecule has 0 bridgehead atoms. The van der Waals surface area contributed by atoms with Gasteiger partial charge in [0.1, 0.15) is 0 Å². The van der Waals surface area contributed by atoms with Gasteiger partial charge in [-0.1, -0.05) is 20.8 Å². The molecule has 9 heteroatoms. The summed E-state index contributed by atoms with van der Waals surface area (Å²) in [5.74, 6) is 0. The van der Waals surface area contributed by atoms with Crippen LogP contribution < -0.4 is 0 Å². The van der Waals surface area contributed by atoms with Gasteiger partial charge in [-0.05, 0) is 36.7 Å². The van der Waals surface area contributed by atoms with Crippen LogP contribution in [-0.4, -0.2) is 45.4 Å². The van der Waals surface area contributed by atoms with Crippen LogP contribution in [0.5, 0.6) is 0 Å². The van der Waals surface area contributed by atoms with Crippen molar-refractivity contribution >= 4 is 51.8 Å². The maximum Gasteiger partial charge on any atom is 0.321 e. The summed E-state index contributed by atoms with van der Waals surface area (Å²) in [6.07, 6.45) is 1.47. The Morgan fingerprint density at radius 2 is 1.14 bits per heavy atom. The van der Waals surface area contributed by atoms with Gasteiger partial charge < -0.3 is 14.2 Å². The first-order valence-electron chi connectivity index (χ1n) is 6.92. The number of nitro groups is 1. The number of hydrogen-bond donors (Lipinski definition) is 0. The van der Waals surface area contributed by atoms with Crippen molar-refractivity contribution < 1.29 is 19.1 Å². The molecule has 0 fully saturated rings.